The minimum absolute atomic E-state index is 0.689. The van der Waals surface area contributed by atoms with Gasteiger partial charge in [-0.25, -0.2) is 14.6 Å². The van der Waals surface area contributed by atoms with Gasteiger partial charge in [0, 0.05) is 23.8 Å². The van der Waals surface area contributed by atoms with Crippen molar-refractivity contribution in [1.82, 2.24) is 25.1 Å². The van der Waals surface area contributed by atoms with Crippen molar-refractivity contribution in [2.45, 2.75) is 39.3 Å². The maximum absolute atomic E-state index is 4.60. The Morgan fingerprint density at radius 2 is 2.22 bits per heavy atom. The van der Waals surface area contributed by atoms with Crippen LogP contribution in [0.25, 0.3) is 5.82 Å². The van der Waals surface area contributed by atoms with E-state index in [-0.39, 0.29) is 0 Å². The predicted molar refractivity (Wildman–Crippen MR) is 68.5 cm³/mol. The molecule has 1 saturated carbocycles. The Kier molecular flexibility index (Phi) is 2.83. The van der Waals surface area contributed by atoms with E-state index in [4.69, 9.17) is 0 Å². The first-order valence-corrected chi connectivity index (χ1v) is 6.29. The molecule has 0 atom stereocenters. The highest BCUT2D eigenvalue weighted by Gasteiger charge is 2.21. The summed E-state index contributed by atoms with van der Waals surface area (Å²) in [7, 11) is 0. The zero-order valence-corrected chi connectivity index (χ0v) is 10.7. The van der Waals surface area contributed by atoms with Gasteiger partial charge in [0.1, 0.15) is 12.7 Å². The lowest BCUT2D eigenvalue weighted by molar-refractivity contribution is 0.672. The highest BCUT2D eigenvalue weighted by molar-refractivity contribution is 5.40. The Bertz CT molecular complexity index is 543. The third-order valence-corrected chi connectivity index (χ3v) is 3.23. The van der Waals surface area contributed by atoms with Crippen LogP contribution >= 0.6 is 0 Å². The van der Waals surface area contributed by atoms with Crippen molar-refractivity contribution in [3.63, 3.8) is 0 Å². The lowest BCUT2D eigenvalue weighted by Gasteiger charge is -2.13. The number of hydrogen-bond acceptors (Lipinski definition) is 4. The van der Waals surface area contributed by atoms with E-state index in [0.29, 0.717) is 6.04 Å². The van der Waals surface area contributed by atoms with Gasteiger partial charge in [0.25, 0.3) is 0 Å². The fourth-order valence-corrected chi connectivity index (χ4v) is 2.10. The largest absolute Gasteiger partial charge is 0.310 e. The Balaban J connectivity index is 1.98. The SMILES string of the molecule is Cc1cc(C)c(CNC2CC2)c(-n2cncn2)n1. The Morgan fingerprint density at radius 1 is 1.39 bits per heavy atom. The Hall–Kier alpha value is -1.75. The van der Waals surface area contributed by atoms with Gasteiger partial charge < -0.3 is 5.32 Å². The van der Waals surface area contributed by atoms with E-state index in [9.17, 15) is 0 Å². The molecular weight excluding hydrogens is 226 g/mol. The summed E-state index contributed by atoms with van der Waals surface area (Å²) >= 11 is 0. The molecule has 2 aromatic rings. The highest BCUT2D eigenvalue weighted by Crippen LogP contribution is 2.22. The molecule has 18 heavy (non-hydrogen) atoms. The van der Waals surface area contributed by atoms with E-state index in [2.05, 4.69) is 33.4 Å². The topological polar surface area (TPSA) is 55.6 Å². The molecule has 1 fully saturated rings. The summed E-state index contributed by atoms with van der Waals surface area (Å²) in [5, 5.41) is 7.72. The first-order chi connectivity index (χ1) is 8.74. The first kappa shape index (κ1) is 11.3. The summed E-state index contributed by atoms with van der Waals surface area (Å²) < 4.78 is 1.74. The van der Waals surface area contributed by atoms with Crippen molar-refractivity contribution < 1.29 is 0 Å². The summed E-state index contributed by atoms with van der Waals surface area (Å²) in [5.74, 6) is 0.887. The minimum atomic E-state index is 0.689. The predicted octanol–water partition coefficient (Wildman–Crippen LogP) is 1.53. The maximum atomic E-state index is 4.60. The lowest BCUT2D eigenvalue weighted by atomic mass is 10.1. The molecule has 1 N–H and O–H groups in total. The molecule has 2 aromatic heterocycles. The smallest absolute Gasteiger partial charge is 0.160 e. The fraction of sp³-hybridized carbons (Fsp3) is 0.462. The number of nitrogens with one attached hydrogen (secondary N) is 1. The second-order valence-electron chi connectivity index (χ2n) is 4.88. The van der Waals surface area contributed by atoms with Crippen LogP contribution in [0.15, 0.2) is 18.7 Å². The number of rotatable bonds is 4. The van der Waals surface area contributed by atoms with Crippen LogP contribution in [-0.2, 0) is 6.54 Å². The first-order valence-electron chi connectivity index (χ1n) is 6.29. The lowest BCUT2D eigenvalue weighted by Crippen LogP contribution is -2.19. The molecule has 5 nitrogen and oxygen atoms in total. The van der Waals surface area contributed by atoms with Gasteiger partial charge in [-0.2, -0.15) is 5.10 Å². The molecule has 0 aliphatic heterocycles. The summed E-state index contributed by atoms with van der Waals surface area (Å²) in [5.41, 5.74) is 3.47. The van der Waals surface area contributed by atoms with E-state index < -0.39 is 0 Å². The van der Waals surface area contributed by atoms with Gasteiger partial charge in [-0.15, -0.1) is 0 Å². The van der Waals surface area contributed by atoms with Gasteiger partial charge in [0.05, 0.1) is 0 Å². The monoisotopic (exact) mass is 243 g/mol. The van der Waals surface area contributed by atoms with Crippen LogP contribution in [0.2, 0.25) is 0 Å². The van der Waals surface area contributed by atoms with Crippen LogP contribution in [0.5, 0.6) is 0 Å². The van der Waals surface area contributed by atoms with Gasteiger partial charge >= 0.3 is 0 Å². The molecule has 5 heteroatoms. The van der Waals surface area contributed by atoms with Gasteiger partial charge in [-0.3, -0.25) is 0 Å². The van der Waals surface area contributed by atoms with Crippen molar-refractivity contribution in [3.05, 3.63) is 35.5 Å². The molecule has 0 spiro atoms. The van der Waals surface area contributed by atoms with Crippen LogP contribution in [-0.4, -0.2) is 25.8 Å². The van der Waals surface area contributed by atoms with Gasteiger partial charge in [0.15, 0.2) is 5.82 Å². The Morgan fingerprint density at radius 3 is 2.89 bits per heavy atom. The quantitative estimate of drug-likeness (QED) is 0.884. The zero-order valence-electron chi connectivity index (χ0n) is 10.7. The molecule has 3 rings (SSSR count). The molecule has 0 amide bonds. The van der Waals surface area contributed by atoms with E-state index in [1.54, 1.807) is 11.0 Å². The third-order valence-electron chi connectivity index (χ3n) is 3.23. The van der Waals surface area contributed by atoms with Crippen molar-refractivity contribution >= 4 is 0 Å². The third kappa shape index (κ3) is 2.26. The maximum Gasteiger partial charge on any atom is 0.160 e. The van der Waals surface area contributed by atoms with Crippen LogP contribution in [0.4, 0.5) is 0 Å². The number of hydrogen-bond donors (Lipinski definition) is 1. The second kappa shape index (κ2) is 4.49. The summed E-state index contributed by atoms with van der Waals surface area (Å²) in [6, 6.07) is 2.80. The van der Waals surface area contributed by atoms with E-state index in [0.717, 1.165) is 18.1 Å². The minimum Gasteiger partial charge on any atom is -0.310 e. The van der Waals surface area contributed by atoms with Crippen LogP contribution < -0.4 is 5.32 Å². The fourth-order valence-electron chi connectivity index (χ4n) is 2.10. The average molecular weight is 243 g/mol. The molecule has 0 unspecified atom stereocenters. The van der Waals surface area contributed by atoms with Crippen molar-refractivity contribution in [2.75, 3.05) is 0 Å². The molecule has 0 bridgehead atoms. The summed E-state index contributed by atoms with van der Waals surface area (Å²) in [6.45, 7) is 4.98. The molecule has 2 heterocycles. The van der Waals surface area contributed by atoms with Crippen LogP contribution in [0.3, 0.4) is 0 Å². The van der Waals surface area contributed by atoms with E-state index in [1.165, 1.54) is 30.3 Å². The molecule has 1 aliphatic rings. The van der Waals surface area contributed by atoms with E-state index in [1.807, 2.05) is 6.92 Å². The number of nitrogens with zero attached hydrogens (tertiary/aromatic N) is 4. The molecular formula is C13H17N5. The van der Waals surface area contributed by atoms with Crippen molar-refractivity contribution in [2.24, 2.45) is 0 Å². The van der Waals surface area contributed by atoms with Crippen LogP contribution in [0, 0.1) is 13.8 Å². The zero-order chi connectivity index (χ0) is 12.5. The summed E-state index contributed by atoms with van der Waals surface area (Å²) in [6.07, 6.45) is 5.81. The highest BCUT2D eigenvalue weighted by atomic mass is 15.3. The van der Waals surface area contributed by atoms with Gasteiger partial charge in [0.2, 0.25) is 0 Å². The van der Waals surface area contributed by atoms with Gasteiger partial charge in [-0.1, -0.05) is 0 Å². The average Bonchev–Trinajstić information content (AvgIpc) is 3.00. The molecule has 0 aromatic carbocycles. The van der Waals surface area contributed by atoms with Gasteiger partial charge in [-0.05, 0) is 38.3 Å². The standard InChI is InChI=1S/C13H17N5/c1-9-5-10(2)17-13(18-8-14-7-16-18)12(9)6-15-11-3-4-11/h5,7-8,11,15H,3-4,6H2,1-2H3. The molecule has 94 valence electrons. The van der Waals surface area contributed by atoms with Crippen LogP contribution in [0.1, 0.15) is 29.7 Å². The molecule has 0 saturated heterocycles. The second-order valence-corrected chi connectivity index (χ2v) is 4.88. The van der Waals surface area contributed by atoms with E-state index >= 15 is 0 Å². The Labute approximate surface area is 106 Å². The summed E-state index contributed by atoms with van der Waals surface area (Å²) in [4.78, 5) is 8.59. The normalized spacial score (nSPS) is 15.0. The van der Waals surface area contributed by atoms with Crippen molar-refractivity contribution in [3.8, 4) is 5.82 Å². The molecule has 0 radical (unpaired) electrons. The molecule has 1 aliphatic carbocycles. The number of pyridine rings is 1. The van der Waals surface area contributed by atoms with Crippen molar-refractivity contribution in [1.29, 1.82) is 0 Å². The number of aryl methyl sites for hydroxylation is 2. The number of aromatic nitrogens is 4.